The zero-order valence-corrected chi connectivity index (χ0v) is 10.9. The highest BCUT2D eigenvalue weighted by Crippen LogP contribution is 2.15. The molecule has 0 aliphatic heterocycles. The fraction of sp³-hybridized carbons (Fsp3) is 0.385. The number of carboxylic acid groups (broad SMARTS) is 1. The fourth-order valence-corrected chi connectivity index (χ4v) is 1.63. The molecule has 3 N–H and O–H groups in total. The average molecular weight is 268 g/mol. The summed E-state index contributed by atoms with van der Waals surface area (Å²) < 4.78 is 12.9. The van der Waals surface area contributed by atoms with Crippen LogP contribution in [0.5, 0.6) is 0 Å². The second-order valence-electron chi connectivity index (χ2n) is 4.24. The molecule has 0 aliphatic carbocycles. The zero-order chi connectivity index (χ0) is 14.4. The number of rotatable bonds is 5. The predicted octanol–water partition coefficient (Wildman–Crippen LogP) is 2.51. The lowest BCUT2D eigenvalue weighted by Crippen LogP contribution is -2.42. The zero-order valence-electron chi connectivity index (χ0n) is 10.9. The van der Waals surface area contributed by atoms with E-state index in [1.807, 2.05) is 6.92 Å². The molecule has 5 nitrogen and oxygen atoms in total. The normalized spacial score (nSPS) is 11.7. The summed E-state index contributed by atoms with van der Waals surface area (Å²) >= 11 is 0. The summed E-state index contributed by atoms with van der Waals surface area (Å²) in [5.74, 6) is -1.47. The van der Waals surface area contributed by atoms with Gasteiger partial charge in [0, 0.05) is 5.69 Å². The number of carbonyl (C=O) groups excluding carboxylic acids is 1. The molecule has 104 valence electrons. The van der Waals surface area contributed by atoms with E-state index in [0.717, 1.165) is 0 Å². The molecule has 0 saturated carbocycles. The summed E-state index contributed by atoms with van der Waals surface area (Å²) in [6, 6.07) is 2.40. The van der Waals surface area contributed by atoms with E-state index in [2.05, 4.69) is 10.6 Å². The molecule has 0 saturated heterocycles. The number of aryl methyl sites for hydroxylation is 1. The van der Waals surface area contributed by atoms with Crippen molar-refractivity contribution in [1.82, 2.24) is 5.32 Å². The van der Waals surface area contributed by atoms with Gasteiger partial charge >= 0.3 is 12.0 Å². The molecule has 0 bridgehead atoms. The maximum absolute atomic E-state index is 12.9. The van der Waals surface area contributed by atoms with Crippen LogP contribution in [0.3, 0.4) is 0 Å². The minimum atomic E-state index is -1.08. The van der Waals surface area contributed by atoms with Crippen molar-refractivity contribution in [2.45, 2.75) is 32.7 Å². The largest absolute Gasteiger partial charge is 0.480 e. The Morgan fingerprint density at radius 1 is 1.42 bits per heavy atom. The van der Waals surface area contributed by atoms with Crippen LogP contribution < -0.4 is 10.6 Å². The van der Waals surface area contributed by atoms with Gasteiger partial charge < -0.3 is 15.7 Å². The van der Waals surface area contributed by atoms with Crippen molar-refractivity contribution in [3.05, 3.63) is 29.6 Å². The van der Waals surface area contributed by atoms with Gasteiger partial charge in [-0.15, -0.1) is 0 Å². The highest BCUT2D eigenvalue weighted by molar-refractivity contribution is 5.92. The van der Waals surface area contributed by atoms with Crippen LogP contribution in [0.2, 0.25) is 0 Å². The summed E-state index contributed by atoms with van der Waals surface area (Å²) in [5.41, 5.74) is 1.01. The Kier molecular flexibility index (Phi) is 5.29. The van der Waals surface area contributed by atoms with Crippen molar-refractivity contribution in [3.8, 4) is 0 Å². The van der Waals surface area contributed by atoms with Gasteiger partial charge in [-0.05, 0) is 37.1 Å². The fourth-order valence-electron chi connectivity index (χ4n) is 1.63. The molecule has 1 rings (SSSR count). The molecule has 1 aromatic rings. The van der Waals surface area contributed by atoms with Gasteiger partial charge in [0.25, 0.3) is 0 Å². The Balaban J connectivity index is 2.66. The number of carbonyl (C=O) groups is 2. The lowest BCUT2D eigenvalue weighted by Gasteiger charge is -2.15. The van der Waals surface area contributed by atoms with E-state index in [9.17, 15) is 14.0 Å². The first kappa shape index (κ1) is 14.9. The van der Waals surface area contributed by atoms with Gasteiger partial charge in [0.05, 0.1) is 0 Å². The van der Waals surface area contributed by atoms with E-state index in [1.54, 1.807) is 6.92 Å². The van der Waals surface area contributed by atoms with Crippen LogP contribution in [0.1, 0.15) is 25.3 Å². The minimum Gasteiger partial charge on any atom is -0.480 e. The van der Waals surface area contributed by atoms with Gasteiger partial charge in [-0.1, -0.05) is 13.3 Å². The van der Waals surface area contributed by atoms with Crippen LogP contribution in [0.4, 0.5) is 14.9 Å². The van der Waals surface area contributed by atoms with Crippen molar-refractivity contribution < 1.29 is 19.1 Å². The molecule has 0 aromatic heterocycles. The van der Waals surface area contributed by atoms with Crippen LogP contribution in [-0.2, 0) is 4.79 Å². The molecule has 1 aromatic carbocycles. The van der Waals surface area contributed by atoms with Crippen molar-refractivity contribution >= 4 is 17.7 Å². The Morgan fingerprint density at radius 3 is 2.63 bits per heavy atom. The van der Waals surface area contributed by atoms with Crippen LogP contribution in [-0.4, -0.2) is 23.1 Å². The number of benzene rings is 1. The first-order valence-electron chi connectivity index (χ1n) is 6.00. The molecular formula is C13H17FN2O3. The first-order valence-corrected chi connectivity index (χ1v) is 6.00. The van der Waals surface area contributed by atoms with Gasteiger partial charge in [0.15, 0.2) is 0 Å². The summed E-state index contributed by atoms with van der Waals surface area (Å²) in [6.45, 7) is 3.49. The minimum absolute atomic E-state index is 0.352. The number of aliphatic carboxylic acids is 1. The third kappa shape index (κ3) is 4.57. The van der Waals surface area contributed by atoms with Crippen molar-refractivity contribution in [2.75, 3.05) is 5.32 Å². The van der Waals surface area contributed by atoms with Crippen molar-refractivity contribution in [1.29, 1.82) is 0 Å². The van der Waals surface area contributed by atoms with E-state index in [-0.39, 0.29) is 0 Å². The number of carboxylic acids is 1. The number of hydrogen-bond acceptors (Lipinski definition) is 2. The third-order valence-electron chi connectivity index (χ3n) is 2.62. The highest BCUT2D eigenvalue weighted by atomic mass is 19.1. The highest BCUT2D eigenvalue weighted by Gasteiger charge is 2.18. The summed E-state index contributed by atoms with van der Waals surface area (Å²) in [4.78, 5) is 22.6. The molecule has 19 heavy (non-hydrogen) atoms. The molecule has 0 aliphatic rings. The molecule has 0 heterocycles. The van der Waals surface area contributed by atoms with E-state index in [4.69, 9.17) is 5.11 Å². The van der Waals surface area contributed by atoms with Crippen LogP contribution in [0, 0.1) is 12.7 Å². The molecule has 0 fully saturated rings. The Morgan fingerprint density at radius 2 is 2.11 bits per heavy atom. The predicted molar refractivity (Wildman–Crippen MR) is 69.6 cm³/mol. The molecule has 0 spiro atoms. The second kappa shape index (κ2) is 6.72. The average Bonchev–Trinajstić information content (AvgIpc) is 2.32. The quantitative estimate of drug-likeness (QED) is 0.767. The second-order valence-corrected chi connectivity index (χ2v) is 4.24. The SMILES string of the molecule is CCC[C@@H](NC(=O)Nc1ccc(F)cc1C)C(=O)O. The maximum atomic E-state index is 12.9. The number of urea groups is 1. The first-order chi connectivity index (χ1) is 8.93. The summed E-state index contributed by atoms with van der Waals surface area (Å²) in [5, 5.41) is 13.8. The molecule has 1 atom stereocenters. The molecule has 0 radical (unpaired) electrons. The smallest absolute Gasteiger partial charge is 0.326 e. The van der Waals surface area contributed by atoms with E-state index < -0.39 is 23.9 Å². The van der Waals surface area contributed by atoms with Gasteiger partial charge in [-0.25, -0.2) is 14.0 Å². The Hall–Kier alpha value is -2.11. The molecule has 2 amide bonds. The summed E-state index contributed by atoms with van der Waals surface area (Å²) in [7, 11) is 0. The van der Waals surface area contributed by atoms with Gasteiger partial charge in [-0.2, -0.15) is 0 Å². The maximum Gasteiger partial charge on any atom is 0.326 e. The van der Waals surface area contributed by atoms with Crippen LogP contribution in [0.15, 0.2) is 18.2 Å². The van der Waals surface area contributed by atoms with Crippen LogP contribution >= 0.6 is 0 Å². The lowest BCUT2D eigenvalue weighted by molar-refractivity contribution is -0.139. The van der Waals surface area contributed by atoms with E-state index >= 15 is 0 Å². The summed E-state index contributed by atoms with van der Waals surface area (Å²) in [6.07, 6.45) is 0.998. The third-order valence-corrected chi connectivity index (χ3v) is 2.62. The molecule has 6 heteroatoms. The number of halogens is 1. The number of anilines is 1. The van der Waals surface area contributed by atoms with E-state index in [0.29, 0.717) is 24.1 Å². The number of nitrogens with one attached hydrogen (secondary N) is 2. The topological polar surface area (TPSA) is 78.4 Å². The Labute approximate surface area is 110 Å². The number of amides is 2. The van der Waals surface area contributed by atoms with Crippen molar-refractivity contribution in [3.63, 3.8) is 0 Å². The monoisotopic (exact) mass is 268 g/mol. The molecule has 0 unspecified atom stereocenters. The lowest BCUT2D eigenvalue weighted by atomic mass is 10.1. The van der Waals surface area contributed by atoms with Gasteiger partial charge in [0.2, 0.25) is 0 Å². The van der Waals surface area contributed by atoms with Crippen LogP contribution in [0.25, 0.3) is 0 Å². The molecular weight excluding hydrogens is 251 g/mol. The van der Waals surface area contributed by atoms with Gasteiger partial charge in [0.1, 0.15) is 11.9 Å². The number of hydrogen-bond donors (Lipinski definition) is 3. The van der Waals surface area contributed by atoms with Gasteiger partial charge in [-0.3, -0.25) is 0 Å². The Bertz CT molecular complexity index is 477. The van der Waals surface area contributed by atoms with E-state index in [1.165, 1.54) is 18.2 Å². The standard InChI is InChI=1S/C13H17FN2O3/c1-3-4-11(12(17)18)16-13(19)15-10-6-5-9(14)7-8(10)2/h5-7,11H,3-4H2,1-2H3,(H,17,18)(H2,15,16,19)/t11-/m1/s1. The van der Waals surface area contributed by atoms with Crippen molar-refractivity contribution in [2.24, 2.45) is 0 Å².